The van der Waals surface area contributed by atoms with Gasteiger partial charge in [-0.1, -0.05) is 41.7 Å². The third-order valence-electron chi connectivity index (χ3n) is 5.15. The zero-order chi connectivity index (χ0) is 18.6. The minimum absolute atomic E-state index is 0.0394. The van der Waals surface area contributed by atoms with Gasteiger partial charge in [-0.05, 0) is 24.8 Å². The summed E-state index contributed by atoms with van der Waals surface area (Å²) in [5, 5.41) is 13.0. The van der Waals surface area contributed by atoms with E-state index in [-0.39, 0.29) is 17.7 Å². The van der Waals surface area contributed by atoms with Crippen molar-refractivity contribution in [2.75, 3.05) is 29.4 Å². The highest BCUT2D eigenvalue weighted by atomic mass is 32.1. The number of piperidine rings is 1. The van der Waals surface area contributed by atoms with Crippen LogP contribution in [-0.2, 0) is 16.1 Å². The van der Waals surface area contributed by atoms with Gasteiger partial charge in [0.15, 0.2) is 0 Å². The normalized spacial score (nSPS) is 18.1. The van der Waals surface area contributed by atoms with Gasteiger partial charge in [0.25, 0.3) is 0 Å². The zero-order valence-corrected chi connectivity index (χ0v) is 16.0. The van der Waals surface area contributed by atoms with Crippen molar-refractivity contribution in [3.8, 4) is 0 Å². The average Bonchev–Trinajstić information content (AvgIpc) is 3.36. The molecule has 0 atom stereocenters. The summed E-state index contributed by atoms with van der Waals surface area (Å²) >= 11 is 1.47. The first-order chi connectivity index (χ1) is 13.2. The maximum Gasteiger partial charge on any atom is 0.228 e. The molecular formula is C19H23N5O2S. The smallest absolute Gasteiger partial charge is 0.228 e. The largest absolute Gasteiger partial charge is 0.352 e. The van der Waals surface area contributed by atoms with E-state index in [0.717, 1.165) is 49.6 Å². The molecule has 2 saturated heterocycles. The topological polar surface area (TPSA) is 78.4 Å². The maximum absolute atomic E-state index is 12.4. The van der Waals surface area contributed by atoms with Crippen LogP contribution >= 0.6 is 11.3 Å². The summed E-state index contributed by atoms with van der Waals surface area (Å²) in [6.45, 7) is 2.87. The van der Waals surface area contributed by atoms with Crippen LogP contribution in [0.4, 0.5) is 10.3 Å². The van der Waals surface area contributed by atoms with E-state index in [1.54, 1.807) is 4.90 Å². The summed E-state index contributed by atoms with van der Waals surface area (Å²) in [4.78, 5) is 28.2. The lowest BCUT2D eigenvalue weighted by atomic mass is 9.96. The molecule has 2 amide bonds. The molecule has 3 heterocycles. The number of carbonyl (C=O) groups is 2. The second kappa shape index (κ2) is 8.04. The molecule has 2 aromatic rings. The number of benzene rings is 1. The van der Waals surface area contributed by atoms with Crippen LogP contribution in [0.25, 0.3) is 0 Å². The lowest BCUT2D eigenvalue weighted by Crippen LogP contribution is -2.40. The van der Waals surface area contributed by atoms with Gasteiger partial charge in [-0.2, -0.15) is 0 Å². The molecule has 0 radical (unpaired) electrons. The van der Waals surface area contributed by atoms with Gasteiger partial charge in [-0.15, -0.1) is 10.2 Å². The van der Waals surface area contributed by atoms with Crippen LogP contribution in [0.5, 0.6) is 0 Å². The van der Waals surface area contributed by atoms with Gasteiger partial charge < -0.3 is 10.2 Å². The summed E-state index contributed by atoms with van der Waals surface area (Å²) in [5.41, 5.74) is 1.11. The molecule has 1 aromatic carbocycles. The number of carbonyl (C=O) groups excluding carboxylic acids is 2. The van der Waals surface area contributed by atoms with Gasteiger partial charge in [0.2, 0.25) is 22.1 Å². The molecule has 0 bridgehead atoms. The molecule has 0 saturated carbocycles. The summed E-state index contributed by atoms with van der Waals surface area (Å²) in [6, 6.07) is 9.96. The summed E-state index contributed by atoms with van der Waals surface area (Å²) in [5.74, 6) is 0.295. The maximum atomic E-state index is 12.4. The molecule has 2 aliphatic heterocycles. The number of nitrogens with zero attached hydrogens (tertiary/aromatic N) is 4. The predicted molar refractivity (Wildman–Crippen MR) is 105 cm³/mol. The Hall–Kier alpha value is -2.48. The van der Waals surface area contributed by atoms with Crippen molar-refractivity contribution < 1.29 is 9.59 Å². The van der Waals surface area contributed by atoms with E-state index in [2.05, 4.69) is 20.4 Å². The minimum Gasteiger partial charge on any atom is -0.352 e. The molecule has 7 nitrogen and oxygen atoms in total. The molecule has 2 aliphatic rings. The van der Waals surface area contributed by atoms with Crippen LogP contribution in [0, 0.1) is 5.92 Å². The van der Waals surface area contributed by atoms with E-state index in [1.807, 2.05) is 30.3 Å². The van der Waals surface area contributed by atoms with Gasteiger partial charge in [0.05, 0.1) is 0 Å². The van der Waals surface area contributed by atoms with Crippen molar-refractivity contribution >= 4 is 33.4 Å². The molecule has 8 heteroatoms. The van der Waals surface area contributed by atoms with E-state index >= 15 is 0 Å². The molecule has 0 spiro atoms. The van der Waals surface area contributed by atoms with Crippen LogP contribution in [0.15, 0.2) is 30.3 Å². The summed E-state index contributed by atoms with van der Waals surface area (Å²) in [7, 11) is 0. The molecule has 1 aromatic heterocycles. The standard InChI is InChI=1S/C19H23N5O2S/c25-16-7-4-10-24(16)19-22-21-18(27-19)23-11-8-15(9-12-23)17(26)20-13-14-5-2-1-3-6-14/h1-3,5-6,15H,4,7-13H2,(H,20,26). The van der Waals surface area contributed by atoms with Crippen LogP contribution in [-0.4, -0.2) is 41.6 Å². The first-order valence-corrected chi connectivity index (χ1v) is 10.2. The molecule has 0 aliphatic carbocycles. The first kappa shape index (κ1) is 17.9. The monoisotopic (exact) mass is 385 g/mol. The van der Waals surface area contributed by atoms with Crippen molar-refractivity contribution in [3.63, 3.8) is 0 Å². The fourth-order valence-corrected chi connectivity index (χ4v) is 4.50. The number of aromatic nitrogens is 2. The number of anilines is 2. The highest BCUT2D eigenvalue weighted by Crippen LogP contribution is 2.32. The molecule has 27 heavy (non-hydrogen) atoms. The molecule has 1 N–H and O–H groups in total. The van der Waals surface area contributed by atoms with E-state index in [1.165, 1.54) is 11.3 Å². The van der Waals surface area contributed by atoms with Crippen LogP contribution in [0.2, 0.25) is 0 Å². The highest BCUT2D eigenvalue weighted by Gasteiger charge is 2.29. The van der Waals surface area contributed by atoms with Crippen molar-refractivity contribution in [1.82, 2.24) is 15.5 Å². The van der Waals surface area contributed by atoms with Crippen LogP contribution in [0.3, 0.4) is 0 Å². The Kier molecular flexibility index (Phi) is 5.33. The number of nitrogens with one attached hydrogen (secondary N) is 1. The lowest BCUT2D eigenvalue weighted by Gasteiger charge is -2.30. The Morgan fingerprint density at radius 3 is 2.56 bits per heavy atom. The first-order valence-electron chi connectivity index (χ1n) is 9.41. The zero-order valence-electron chi connectivity index (χ0n) is 15.1. The Bertz CT molecular complexity index is 801. The summed E-state index contributed by atoms with van der Waals surface area (Å²) < 4.78 is 0. The Morgan fingerprint density at radius 1 is 1.11 bits per heavy atom. The van der Waals surface area contributed by atoms with Gasteiger partial charge in [0.1, 0.15) is 0 Å². The Morgan fingerprint density at radius 2 is 1.85 bits per heavy atom. The van der Waals surface area contributed by atoms with Crippen molar-refractivity contribution in [1.29, 1.82) is 0 Å². The lowest BCUT2D eigenvalue weighted by molar-refractivity contribution is -0.125. The van der Waals surface area contributed by atoms with E-state index in [9.17, 15) is 9.59 Å². The Balaban J connectivity index is 1.28. The molecule has 0 unspecified atom stereocenters. The second-order valence-corrected chi connectivity index (χ2v) is 7.92. The van der Waals surface area contributed by atoms with E-state index in [0.29, 0.717) is 18.1 Å². The third kappa shape index (κ3) is 4.10. The van der Waals surface area contributed by atoms with Crippen molar-refractivity contribution in [2.45, 2.75) is 32.2 Å². The molecular weight excluding hydrogens is 362 g/mol. The van der Waals surface area contributed by atoms with E-state index < -0.39 is 0 Å². The third-order valence-corrected chi connectivity index (χ3v) is 6.16. The van der Waals surface area contributed by atoms with Crippen molar-refractivity contribution in [3.05, 3.63) is 35.9 Å². The van der Waals surface area contributed by atoms with Crippen LogP contribution < -0.4 is 15.1 Å². The predicted octanol–water partition coefficient (Wildman–Crippen LogP) is 2.20. The molecule has 2 fully saturated rings. The second-order valence-electron chi connectivity index (χ2n) is 6.98. The molecule has 142 valence electrons. The SMILES string of the molecule is O=C(NCc1ccccc1)C1CCN(c2nnc(N3CCCC3=O)s2)CC1. The number of hydrogen-bond acceptors (Lipinski definition) is 6. The fourth-order valence-electron chi connectivity index (χ4n) is 3.56. The Labute approximate surface area is 162 Å². The molecule has 4 rings (SSSR count). The summed E-state index contributed by atoms with van der Waals surface area (Å²) in [6.07, 6.45) is 3.09. The quantitative estimate of drug-likeness (QED) is 0.854. The number of rotatable bonds is 5. The van der Waals surface area contributed by atoms with Gasteiger partial charge in [-0.3, -0.25) is 14.5 Å². The fraction of sp³-hybridized carbons (Fsp3) is 0.474. The van der Waals surface area contributed by atoms with E-state index in [4.69, 9.17) is 0 Å². The highest BCUT2D eigenvalue weighted by molar-refractivity contribution is 7.19. The van der Waals surface area contributed by atoms with Crippen molar-refractivity contribution in [2.24, 2.45) is 5.92 Å². The number of hydrogen-bond donors (Lipinski definition) is 1. The van der Waals surface area contributed by atoms with Gasteiger partial charge in [0, 0.05) is 38.5 Å². The number of amides is 2. The minimum atomic E-state index is 0.0394. The van der Waals surface area contributed by atoms with Gasteiger partial charge in [-0.25, -0.2) is 0 Å². The van der Waals surface area contributed by atoms with Crippen LogP contribution in [0.1, 0.15) is 31.2 Å². The average molecular weight is 385 g/mol. The van der Waals surface area contributed by atoms with Gasteiger partial charge >= 0.3 is 0 Å².